The zero-order valence-electron chi connectivity index (χ0n) is 8.29. The molecule has 0 aromatic heterocycles. The maximum absolute atomic E-state index is 5.13. The summed E-state index contributed by atoms with van der Waals surface area (Å²) < 4.78 is 0. The van der Waals surface area contributed by atoms with Crippen LogP contribution in [0.25, 0.3) is 0 Å². The third-order valence-corrected chi connectivity index (χ3v) is 1.52. The highest BCUT2D eigenvalue weighted by Gasteiger charge is 1.90. The second kappa shape index (κ2) is 6.51. The molecule has 14 heavy (non-hydrogen) atoms. The molecule has 0 amide bonds. The lowest BCUT2D eigenvalue weighted by Gasteiger charge is -1.97. The first-order chi connectivity index (χ1) is 6.61. The van der Waals surface area contributed by atoms with Gasteiger partial charge in [0.15, 0.2) is 0 Å². The van der Waals surface area contributed by atoms with Crippen LogP contribution >= 0.6 is 0 Å². The molecule has 0 bridgehead atoms. The molecule has 0 nitrogen and oxygen atoms in total. The topological polar surface area (TPSA) is 0 Å². The summed E-state index contributed by atoms with van der Waals surface area (Å²) in [4.78, 5) is 0. The van der Waals surface area contributed by atoms with E-state index in [4.69, 9.17) is 6.42 Å². The van der Waals surface area contributed by atoms with Crippen LogP contribution in [-0.4, -0.2) is 0 Å². The molecule has 0 aliphatic rings. The van der Waals surface area contributed by atoms with E-state index in [1.807, 2.05) is 6.08 Å². The van der Waals surface area contributed by atoms with Gasteiger partial charge in [-0.2, -0.15) is 0 Å². The zero-order valence-corrected chi connectivity index (χ0v) is 8.29. The Balaban J connectivity index is 4.37. The lowest BCUT2D eigenvalue weighted by Crippen LogP contribution is -1.78. The third kappa shape index (κ3) is 4.79. The van der Waals surface area contributed by atoms with E-state index in [1.165, 1.54) is 0 Å². The predicted octanol–water partition coefficient (Wildman–Crippen LogP) is 3.59. The smallest absolute Gasteiger partial charge is 0.0170 e. The van der Waals surface area contributed by atoms with Crippen molar-refractivity contribution >= 4 is 0 Å². The van der Waals surface area contributed by atoms with Gasteiger partial charge in [-0.15, -0.1) is 6.42 Å². The van der Waals surface area contributed by atoms with Crippen molar-refractivity contribution < 1.29 is 0 Å². The molecule has 0 rings (SSSR count). The van der Waals surface area contributed by atoms with E-state index >= 15 is 0 Å². The Morgan fingerprint density at radius 3 is 2.07 bits per heavy atom. The van der Waals surface area contributed by atoms with Gasteiger partial charge in [-0.05, 0) is 17.2 Å². The van der Waals surface area contributed by atoms with Crippen molar-refractivity contribution in [3.63, 3.8) is 0 Å². The summed E-state index contributed by atoms with van der Waals surface area (Å²) >= 11 is 0. The first kappa shape index (κ1) is 12.0. The second-order valence-electron chi connectivity index (χ2n) is 2.65. The molecule has 0 aliphatic heterocycles. The molecule has 0 radical (unpaired) electrons. The quantitative estimate of drug-likeness (QED) is 0.450. The standard InChI is InChI=1S/C14H14/c1-6-8-9-13(4)14(5)11-10-12(3)7-2/h2,6,8-11H,1,3-5H2/b9-8-,11-10-. The largest absolute Gasteiger partial charge is 0.115 e. The van der Waals surface area contributed by atoms with Crippen LogP contribution in [-0.2, 0) is 0 Å². The number of rotatable bonds is 5. The molecular weight excluding hydrogens is 168 g/mol. The molecule has 0 aromatic carbocycles. The van der Waals surface area contributed by atoms with Gasteiger partial charge in [0.05, 0.1) is 0 Å². The molecule has 0 aromatic rings. The Kier molecular flexibility index (Phi) is 5.58. The first-order valence-electron chi connectivity index (χ1n) is 4.12. The van der Waals surface area contributed by atoms with Crippen LogP contribution in [0, 0.1) is 12.3 Å². The summed E-state index contributed by atoms with van der Waals surface area (Å²) in [5, 5.41) is 0. The van der Waals surface area contributed by atoms with Gasteiger partial charge in [-0.25, -0.2) is 0 Å². The third-order valence-electron chi connectivity index (χ3n) is 1.52. The van der Waals surface area contributed by atoms with Crippen LogP contribution in [0.2, 0.25) is 0 Å². The molecule has 0 N–H and O–H groups in total. The Labute approximate surface area is 86.3 Å². The fourth-order valence-corrected chi connectivity index (χ4v) is 0.648. The van der Waals surface area contributed by atoms with Crippen molar-refractivity contribution in [1.82, 2.24) is 0 Å². The predicted molar refractivity (Wildman–Crippen MR) is 64.7 cm³/mol. The summed E-state index contributed by atoms with van der Waals surface area (Å²) in [6, 6.07) is 0. The van der Waals surface area contributed by atoms with Crippen molar-refractivity contribution in [2.24, 2.45) is 0 Å². The minimum atomic E-state index is 0.617. The Bertz CT molecular complexity index is 354. The van der Waals surface area contributed by atoms with Crippen LogP contribution in [0.15, 0.2) is 73.4 Å². The van der Waals surface area contributed by atoms with Gasteiger partial charge < -0.3 is 0 Å². The maximum atomic E-state index is 5.13. The first-order valence-corrected chi connectivity index (χ1v) is 4.12. The molecule has 0 atom stereocenters. The number of hydrogen-bond donors (Lipinski definition) is 0. The second-order valence-corrected chi connectivity index (χ2v) is 2.65. The van der Waals surface area contributed by atoms with Crippen molar-refractivity contribution in [2.75, 3.05) is 0 Å². The van der Waals surface area contributed by atoms with E-state index in [0.29, 0.717) is 5.57 Å². The van der Waals surface area contributed by atoms with Crippen LogP contribution in [0.3, 0.4) is 0 Å². The highest BCUT2D eigenvalue weighted by molar-refractivity contribution is 5.46. The average Bonchev–Trinajstić information content (AvgIpc) is 2.21. The number of allylic oxidation sites excluding steroid dienone is 8. The zero-order chi connectivity index (χ0) is 11.0. The van der Waals surface area contributed by atoms with Crippen LogP contribution in [0.1, 0.15) is 0 Å². The molecule has 0 heteroatoms. The van der Waals surface area contributed by atoms with Gasteiger partial charge in [-0.1, -0.05) is 56.5 Å². The Morgan fingerprint density at radius 2 is 1.57 bits per heavy atom. The van der Waals surface area contributed by atoms with E-state index in [-0.39, 0.29) is 0 Å². The van der Waals surface area contributed by atoms with E-state index < -0.39 is 0 Å². The summed E-state index contributed by atoms with van der Waals surface area (Å²) in [6.07, 6.45) is 14.0. The van der Waals surface area contributed by atoms with E-state index in [0.717, 1.165) is 11.1 Å². The molecule has 70 valence electrons. The molecule has 0 saturated heterocycles. The van der Waals surface area contributed by atoms with Crippen LogP contribution < -0.4 is 0 Å². The molecular formula is C14H14. The fraction of sp³-hybridized carbons (Fsp3) is 0. The highest BCUT2D eigenvalue weighted by atomic mass is 13.9. The van der Waals surface area contributed by atoms with E-state index in [1.54, 1.807) is 24.3 Å². The van der Waals surface area contributed by atoms with Gasteiger partial charge in [0.2, 0.25) is 0 Å². The lowest BCUT2D eigenvalue weighted by atomic mass is 10.1. The molecule has 0 unspecified atom stereocenters. The fourth-order valence-electron chi connectivity index (χ4n) is 0.648. The monoisotopic (exact) mass is 182 g/mol. The van der Waals surface area contributed by atoms with Crippen molar-refractivity contribution in [3.8, 4) is 12.3 Å². The summed E-state index contributed by atoms with van der Waals surface area (Å²) in [7, 11) is 0. The molecule has 0 saturated carbocycles. The van der Waals surface area contributed by atoms with Crippen molar-refractivity contribution in [2.45, 2.75) is 0 Å². The van der Waals surface area contributed by atoms with Gasteiger partial charge >= 0.3 is 0 Å². The molecule has 0 fully saturated rings. The van der Waals surface area contributed by atoms with Gasteiger partial charge in [0.25, 0.3) is 0 Å². The lowest BCUT2D eigenvalue weighted by molar-refractivity contribution is 1.59. The Hall–Kier alpha value is -2.00. The molecule has 0 spiro atoms. The molecule has 0 aliphatic carbocycles. The minimum Gasteiger partial charge on any atom is -0.115 e. The highest BCUT2D eigenvalue weighted by Crippen LogP contribution is 2.09. The number of terminal acetylenes is 1. The normalized spacial score (nSPS) is 9.93. The number of hydrogen-bond acceptors (Lipinski definition) is 0. The van der Waals surface area contributed by atoms with Crippen LogP contribution in [0.4, 0.5) is 0 Å². The van der Waals surface area contributed by atoms with Gasteiger partial charge in [0, 0.05) is 5.57 Å². The minimum absolute atomic E-state index is 0.617. The summed E-state index contributed by atoms with van der Waals surface area (Å²) in [5.74, 6) is 2.42. The molecule has 0 heterocycles. The SMILES string of the molecule is C#CC(=C)/C=C\C(=C)C(=C)/C=C\C=C. The van der Waals surface area contributed by atoms with Crippen molar-refractivity contribution in [3.05, 3.63) is 73.4 Å². The summed E-state index contributed by atoms with van der Waals surface area (Å²) in [6.45, 7) is 14.9. The van der Waals surface area contributed by atoms with E-state index in [2.05, 4.69) is 32.2 Å². The maximum Gasteiger partial charge on any atom is 0.0170 e. The Morgan fingerprint density at radius 1 is 1.00 bits per heavy atom. The van der Waals surface area contributed by atoms with Gasteiger partial charge in [0.1, 0.15) is 0 Å². The van der Waals surface area contributed by atoms with Crippen LogP contribution in [0.5, 0.6) is 0 Å². The average molecular weight is 182 g/mol. The summed E-state index contributed by atoms with van der Waals surface area (Å²) in [5.41, 5.74) is 2.25. The van der Waals surface area contributed by atoms with Crippen molar-refractivity contribution in [1.29, 1.82) is 0 Å². The van der Waals surface area contributed by atoms with E-state index in [9.17, 15) is 0 Å². The van der Waals surface area contributed by atoms with Gasteiger partial charge in [-0.3, -0.25) is 0 Å².